The largest absolute Gasteiger partial charge is 0.397 e. The Balaban J connectivity index is 1.59. The Bertz CT molecular complexity index is 1360. The van der Waals surface area contributed by atoms with Gasteiger partial charge in [0.1, 0.15) is 91.4 Å². The summed E-state index contributed by atoms with van der Waals surface area (Å²) < 4.78 is 74.7. The highest BCUT2D eigenvalue weighted by atomic mass is 32.3. The average Bonchev–Trinajstić information content (AvgIpc) is 3.09. The standard InChI is InChI=1S/C28H48N2O23S/c1-7-15(34)20(39)22(41)27(48-7)53-24-21(40)16(35)10(4-31)50-28(24)52-23-14(30-9(3)33)25(42)49-11(18(23)37)5-46-26-13(29-8(2)32)19(38)17(36)12(51-26)6-47-54(43,44)45/h7,10-28,31,34-42H,4-6H2,1-3H3,(H,29,32)(H,30,33)(H,43,44,45)/t7-,10+,11+,12+,13+,14+,15+,16-,17+,18-,19+,20+,21-,22-,23+,24+,25?,26?,27?,28?/m0/s1. The zero-order chi connectivity index (χ0) is 40.4. The normalized spacial score (nSPS) is 46.1. The van der Waals surface area contributed by atoms with Gasteiger partial charge in [-0.2, -0.15) is 8.42 Å². The van der Waals surface area contributed by atoms with E-state index in [9.17, 15) is 69.1 Å². The van der Waals surface area contributed by atoms with Gasteiger partial charge in [0.25, 0.3) is 0 Å². The van der Waals surface area contributed by atoms with E-state index in [1.807, 2.05) is 0 Å². The number of ether oxygens (including phenoxy) is 7. The number of hydrogen-bond donors (Lipinski definition) is 13. The molecule has 20 atom stereocenters. The first kappa shape index (κ1) is 44.8. The van der Waals surface area contributed by atoms with Gasteiger partial charge in [-0.15, -0.1) is 0 Å². The highest BCUT2D eigenvalue weighted by Gasteiger charge is 2.54. The van der Waals surface area contributed by atoms with E-state index in [4.69, 9.17) is 37.7 Å². The third-order valence-corrected chi connectivity index (χ3v) is 9.59. The second-order valence-corrected chi connectivity index (χ2v) is 14.3. The minimum absolute atomic E-state index is 0.740. The van der Waals surface area contributed by atoms with Gasteiger partial charge in [0, 0.05) is 13.8 Å². The van der Waals surface area contributed by atoms with Gasteiger partial charge in [-0.05, 0) is 6.92 Å². The molecule has 4 fully saturated rings. The summed E-state index contributed by atoms with van der Waals surface area (Å²) in [5, 5.41) is 111. The van der Waals surface area contributed by atoms with Gasteiger partial charge in [0.05, 0.1) is 25.9 Å². The number of hydrogen-bond acceptors (Lipinski definition) is 22. The molecule has 0 aromatic rings. The fraction of sp³-hybridized carbons (Fsp3) is 0.929. The van der Waals surface area contributed by atoms with Gasteiger partial charge in [-0.3, -0.25) is 14.1 Å². The van der Waals surface area contributed by atoms with Crippen LogP contribution in [0, 0.1) is 0 Å². The van der Waals surface area contributed by atoms with Crippen LogP contribution in [0.3, 0.4) is 0 Å². The molecule has 0 saturated carbocycles. The Morgan fingerprint density at radius 1 is 0.611 bits per heavy atom. The van der Waals surface area contributed by atoms with E-state index in [-0.39, 0.29) is 0 Å². The van der Waals surface area contributed by atoms with Gasteiger partial charge >= 0.3 is 10.4 Å². The second-order valence-electron chi connectivity index (χ2n) is 13.2. The van der Waals surface area contributed by atoms with Gasteiger partial charge in [0.15, 0.2) is 25.2 Å². The third kappa shape index (κ3) is 10.5. The molecule has 13 N–H and O–H groups in total. The van der Waals surface area contributed by atoms with Crippen molar-refractivity contribution in [1.29, 1.82) is 0 Å². The fourth-order valence-corrected chi connectivity index (χ4v) is 6.62. The predicted molar refractivity (Wildman–Crippen MR) is 166 cm³/mol. The summed E-state index contributed by atoms with van der Waals surface area (Å²) in [4.78, 5) is 24.0. The van der Waals surface area contributed by atoms with Gasteiger partial charge < -0.3 is 94.9 Å². The van der Waals surface area contributed by atoms with Crippen LogP contribution in [0.5, 0.6) is 0 Å². The summed E-state index contributed by atoms with van der Waals surface area (Å²) in [6.07, 6.45) is -31.9. The van der Waals surface area contributed by atoms with Gasteiger partial charge in [-0.1, -0.05) is 0 Å². The van der Waals surface area contributed by atoms with E-state index in [1.165, 1.54) is 6.92 Å². The van der Waals surface area contributed by atoms with Crippen LogP contribution < -0.4 is 10.6 Å². The topological polar surface area (TPSA) is 389 Å². The van der Waals surface area contributed by atoms with Gasteiger partial charge in [0.2, 0.25) is 11.8 Å². The van der Waals surface area contributed by atoms with Crippen molar-refractivity contribution in [2.45, 2.75) is 143 Å². The lowest BCUT2D eigenvalue weighted by Crippen LogP contribution is -2.69. The minimum Gasteiger partial charge on any atom is -0.394 e. The van der Waals surface area contributed by atoms with Crippen molar-refractivity contribution in [2.75, 3.05) is 19.8 Å². The van der Waals surface area contributed by atoms with Crippen molar-refractivity contribution in [1.82, 2.24) is 10.6 Å². The molecule has 54 heavy (non-hydrogen) atoms. The molecule has 26 heteroatoms. The SMILES string of the molecule is CC(=O)N[C@H]1C(OC[C@H]2OC(O)[C@H](NC(C)=O)[C@@H](OC3O[C@H](CO)[C@H](O)[C@H](O)[C@H]3OC3O[C@@H](C)[C@@H](O)[C@@H](O)[C@@H]3O)[C@H]2O)O[C@H](COS(=O)(=O)O)[C@@H](O)[C@@H]1O. The molecule has 0 aliphatic carbocycles. The zero-order valence-corrected chi connectivity index (χ0v) is 29.7. The fourth-order valence-electron chi connectivity index (χ4n) is 6.31. The Hall–Kier alpha value is -1.87. The Labute approximate surface area is 307 Å². The van der Waals surface area contributed by atoms with Crippen LogP contribution >= 0.6 is 0 Å². The van der Waals surface area contributed by atoms with Crippen molar-refractivity contribution in [2.24, 2.45) is 0 Å². The van der Waals surface area contributed by atoms with Crippen LogP contribution in [0.4, 0.5) is 0 Å². The van der Waals surface area contributed by atoms with Crippen molar-refractivity contribution in [3.8, 4) is 0 Å². The molecule has 0 aromatic carbocycles. The van der Waals surface area contributed by atoms with E-state index in [0.29, 0.717) is 0 Å². The van der Waals surface area contributed by atoms with Crippen molar-refractivity contribution in [3.63, 3.8) is 0 Å². The quantitative estimate of drug-likeness (QED) is 0.0768. The first-order valence-corrected chi connectivity index (χ1v) is 18.0. The number of nitrogens with one attached hydrogen (secondary N) is 2. The summed E-state index contributed by atoms with van der Waals surface area (Å²) >= 11 is 0. The van der Waals surface area contributed by atoms with E-state index in [0.717, 1.165) is 13.8 Å². The lowest BCUT2D eigenvalue weighted by molar-refractivity contribution is -0.381. The molecule has 4 aliphatic heterocycles. The number of aliphatic hydroxyl groups is 10. The van der Waals surface area contributed by atoms with Crippen molar-refractivity contribution < 1.29 is 111 Å². The van der Waals surface area contributed by atoms with Crippen LogP contribution in [0.15, 0.2) is 0 Å². The van der Waals surface area contributed by atoms with Crippen molar-refractivity contribution in [3.05, 3.63) is 0 Å². The molecular formula is C28H48N2O23S. The lowest BCUT2D eigenvalue weighted by Gasteiger charge is -2.49. The van der Waals surface area contributed by atoms with Crippen LogP contribution in [-0.2, 0) is 57.3 Å². The third-order valence-electron chi connectivity index (χ3n) is 9.16. The van der Waals surface area contributed by atoms with Gasteiger partial charge in [-0.25, -0.2) is 4.18 Å². The maximum absolute atomic E-state index is 12.1. The predicted octanol–water partition coefficient (Wildman–Crippen LogP) is -8.61. The van der Waals surface area contributed by atoms with Crippen LogP contribution in [0.25, 0.3) is 0 Å². The molecule has 0 radical (unpaired) electrons. The van der Waals surface area contributed by atoms with Crippen LogP contribution in [0.2, 0.25) is 0 Å². The molecule has 314 valence electrons. The molecule has 4 saturated heterocycles. The van der Waals surface area contributed by atoms with Crippen LogP contribution in [0.1, 0.15) is 20.8 Å². The van der Waals surface area contributed by atoms with E-state index in [2.05, 4.69) is 14.8 Å². The molecule has 0 aromatic heterocycles. The maximum atomic E-state index is 12.1. The monoisotopic (exact) mass is 812 g/mol. The summed E-state index contributed by atoms with van der Waals surface area (Å²) in [6.45, 7) is 0.707. The molecule has 4 unspecified atom stereocenters. The number of carbonyl (C=O) groups is 2. The highest BCUT2D eigenvalue weighted by molar-refractivity contribution is 7.80. The number of amides is 2. The van der Waals surface area contributed by atoms with E-state index < -0.39 is 165 Å². The van der Waals surface area contributed by atoms with E-state index >= 15 is 0 Å². The molecule has 4 rings (SSSR count). The first-order chi connectivity index (χ1) is 25.1. The first-order valence-electron chi connectivity index (χ1n) is 16.6. The molecular weight excluding hydrogens is 764 g/mol. The Morgan fingerprint density at radius 3 is 1.76 bits per heavy atom. The molecule has 0 spiro atoms. The average molecular weight is 813 g/mol. The molecule has 4 heterocycles. The maximum Gasteiger partial charge on any atom is 0.397 e. The molecule has 25 nitrogen and oxygen atoms in total. The minimum atomic E-state index is -5.03. The molecule has 0 bridgehead atoms. The van der Waals surface area contributed by atoms with Crippen molar-refractivity contribution >= 4 is 22.2 Å². The molecule has 4 aliphatic rings. The summed E-state index contributed by atoms with van der Waals surface area (Å²) in [6, 6.07) is -3.17. The lowest BCUT2D eigenvalue weighted by atomic mass is 9.95. The smallest absolute Gasteiger partial charge is 0.394 e. The second kappa shape index (κ2) is 18.6. The van der Waals surface area contributed by atoms with Crippen LogP contribution in [-0.4, -0.2) is 218 Å². The zero-order valence-electron chi connectivity index (χ0n) is 28.9. The summed E-state index contributed by atoms with van der Waals surface area (Å²) in [5.74, 6) is -1.50. The number of carbonyl (C=O) groups excluding carboxylic acids is 2. The molecule has 2 amide bonds. The number of rotatable bonds is 13. The Kier molecular flexibility index (Phi) is 15.4. The Morgan fingerprint density at radius 2 is 1.17 bits per heavy atom. The summed E-state index contributed by atoms with van der Waals surface area (Å²) in [7, 11) is -5.03. The van der Waals surface area contributed by atoms with E-state index in [1.54, 1.807) is 0 Å². The highest BCUT2D eigenvalue weighted by Crippen LogP contribution is 2.33. The number of aliphatic hydroxyl groups excluding tert-OH is 10. The summed E-state index contributed by atoms with van der Waals surface area (Å²) in [5.41, 5.74) is 0.